The van der Waals surface area contributed by atoms with E-state index in [0.29, 0.717) is 13.0 Å². The van der Waals surface area contributed by atoms with Gasteiger partial charge in [-0.05, 0) is 103 Å². The van der Waals surface area contributed by atoms with Crippen LogP contribution in [0.1, 0.15) is 206 Å². The van der Waals surface area contributed by atoms with Crippen LogP contribution in [0.4, 0.5) is 0 Å². The van der Waals surface area contributed by atoms with E-state index in [9.17, 15) is 33.1 Å². The molecule has 1 saturated heterocycles. The average molecular weight is 1060 g/mol. The minimum Gasteiger partial charge on any atom is -0.457 e. The van der Waals surface area contributed by atoms with E-state index >= 15 is 0 Å². The molecule has 0 aliphatic carbocycles. The highest BCUT2D eigenvalue weighted by Crippen LogP contribution is 2.26. The number of esters is 1. The lowest BCUT2D eigenvalue weighted by atomic mass is 9.99. The smallest absolute Gasteiger partial charge is 0.397 e. The highest BCUT2D eigenvalue weighted by molar-refractivity contribution is 7.80. The first kappa shape index (κ1) is 68.8. The maximum Gasteiger partial charge on any atom is 0.397 e. The summed E-state index contributed by atoms with van der Waals surface area (Å²) in [5.74, 6) is -0.435. The van der Waals surface area contributed by atoms with E-state index < -0.39 is 59.8 Å². The van der Waals surface area contributed by atoms with Gasteiger partial charge in [0, 0.05) is 13.0 Å². The summed E-state index contributed by atoms with van der Waals surface area (Å²) < 4.78 is 59.4. The third-order valence-corrected chi connectivity index (χ3v) is 12.8. The fourth-order valence-corrected chi connectivity index (χ4v) is 8.60. The number of aliphatic hydroxyl groups excluding tert-OH is 3. The van der Waals surface area contributed by atoms with Crippen molar-refractivity contribution in [1.82, 2.24) is 0 Å². The highest BCUT2D eigenvalue weighted by Gasteiger charge is 2.48. The lowest BCUT2D eigenvalue weighted by molar-refractivity contribution is -0.301. The summed E-state index contributed by atoms with van der Waals surface area (Å²) in [4.78, 5) is 13.0. The minimum atomic E-state index is -5.08. The van der Waals surface area contributed by atoms with Crippen molar-refractivity contribution < 1.29 is 56.2 Å². The lowest BCUT2D eigenvalue weighted by Gasteiger charge is -2.41. The molecule has 1 fully saturated rings. The van der Waals surface area contributed by atoms with Crippen LogP contribution in [-0.2, 0) is 38.3 Å². The van der Waals surface area contributed by atoms with Gasteiger partial charge in [0.2, 0.25) is 0 Å². The number of hydrogen-bond donors (Lipinski definition) is 4. The molecule has 4 N–H and O–H groups in total. The molecular weight excluding hydrogens is 957 g/mol. The second kappa shape index (κ2) is 50.6. The molecule has 12 nitrogen and oxygen atoms in total. The van der Waals surface area contributed by atoms with Gasteiger partial charge in [0.15, 0.2) is 6.29 Å². The number of ether oxygens (including phenoxy) is 4. The molecule has 6 unspecified atom stereocenters. The van der Waals surface area contributed by atoms with Crippen LogP contribution in [0.15, 0.2) is 109 Å². The summed E-state index contributed by atoms with van der Waals surface area (Å²) in [7, 11) is -5.08. The van der Waals surface area contributed by atoms with E-state index in [1.165, 1.54) is 89.9 Å². The van der Waals surface area contributed by atoms with Crippen molar-refractivity contribution in [2.24, 2.45) is 0 Å². The lowest BCUT2D eigenvalue weighted by Crippen LogP contribution is -2.60. The number of unbranched alkanes of at least 4 members (excludes halogenated alkanes) is 18. The summed E-state index contributed by atoms with van der Waals surface area (Å²) in [6, 6.07) is 0. The third kappa shape index (κ3) is 42.9. The number of aliphatic hydroxyl groups is 3. The van der Waals surface area contributed by atoms with E-state index in [4.69, 9.17) is 18.9 Å². The van der Waals surface area contributed by atoms with Gasteiger partial charge in [-0.2, -0.15) is 8.42 Å². The van der Waals surface area contributed by atoms with Gasteiger partial charge in [0.05, 0.1) is 19.8 Å². The van der Waals surface area contributed by atoms with E-state index in [-0.39, 0.29) is 19.6 Å². The molecule has 1 rings (SSSR count). The molecule has 0 bridgehead atoms. The first-order chi connectivity index (χ1) is 36.1. The fraction of sp³-hybridized carbons (Fsp3) is 0.689. The second-order valence-corrected chi connectivity index (χ2v) is 20.2. The molecule has 1 aliphatic rings. The molecule has 1 aliphatic heterocycles. The maximum atomic E-state index is 13.0. The Morgan fingerprint density at radius 2 is 0.932 bits per heavy atom. The Hall–Kier alpha value is -3.24. The fourth-order valence-electron chi connectivity index (χ4n) is 8.09. The van der Waals surface area contributed by atoms with Gasteiger partial charge < -0.3 is 34.3 Å². The van der Waals surface area contributed by atoms with Crippen LogP contribution < -0.4 is 0 Å². The van der Waals surface area contributed by atoms with Crippen LogP contribution in [0.25, 0.3) is 0 Å². The number of carbonyl (C=O) groups is 1. The normalized spacial score (nSPS) is 19.6. The van der Waals surface area contributed by atoms with Gasteiger partial charge >= 0.3 is 16.4 Å². The Morgan fingerprint density at radius 1 is 0.527 bits per heavy atom. The molecule has 0 amide bonds. The van der Waals surface area contributed by atoms with Crippen LogP contribution >= 0.6 is 0 Å². The number of carbonyl (C=O) groups excluding carboxylic acids is 1. The zero-order chi connectivity index (χ0) is 53.8. The van der Waals surface area contributed by atoms with Gasteiger partial charge in [-0.1, -0.05) is 207 Å². The summed E-state index contributed by atoms with van der Waals surface area (Å²) in [5.41, 5.74) is 0. The van der Waals surface area contributed by atoms with E-state index in [0.717, 1.165) is 89.9 Å². The summed E-state index contributed by atoms with van der Waals surface area (Å²) in [6.45, 7) is 3.82. The maximum absolute atomic E-state index is 13.0. The molecule has 0 radical (unpaired) electrons. The zero-order valence-corrected chi connectivity index (χ0v) is 46.7. The predicted molar refractivity (Wildman–Crippen MR) is 303 cm³/mol. The minimum absolute atomic E-state index is 0.0131. The molecule has 1 heterocycles. The molecule has 0 saturated carbocycles. The second-order valence-electron chi connectivity index (χ2n) is 19.1. The van der Waals surface area contributed by atoms with Gasteiger partial charge in [-0.25, -0.2) is 4.18 Å². The SMILES string of the molecule is CC/C=C\C/C=C\C/C=C\C/C=C\C/C=C\C/C=C\C/C=C\CCCCCC(=O)OC(COCCCCCCCCCCCC/C=C\C/C=C\CCCCCCC)COC1OC(CO)C(O)C(OS(=O)(=O)O)C1O. The van der Waals surface area contributed by atoms with Gasteiger partial charge in [-0.3, -0.25) is 9.35 Å². The van der Waals surface area contributed by atoms with Crippen LogP contribution in [0.2, 0.25) is 0 Å². The largest absolute Gasteiger partial charge is 0.457 e. The highest BCUT2D eigenvalue weighted by atomic mass is 32.3. The van der Waals surface area contributed by atoms with Crippen molar-refractivity contribution >= 4 is 16.4 Å². The van der Waals surface area contributed by atoms with E-state index in [1.807, 2.05) is 0 Å². The van der Waals surface area contributed by atoms with Crippen LogP contribution in [0.3, 0.4) is 0 Å². The monoisotopic (exact) mass is 1060 g/mol. The predicted octanol–water partition coefficient (Wildman–Crippen LogP) is 14.3. The van der Waals surface area contributed by atoms with Gasteiger partial charge in [0.1, 0.15) is 30.5 Å². The van der Waals surface area contributed by atoms with Crippen molar-refractivity contribution in [3.05, 3.63) is 109 Å². The Bertz CT molecular complexity index is 1700. The zero-order valence-electron chi connectivity index (χ0n) is 45.9. The van der Waals surface area contributed by atoms with Crippen molar-refractivity contribution in [1.29, 1.82) is 0 Å². The van der Waals surface area contributed by atoms with Crippen molar-refractivity contribution in [2.45, 2.75) is 243 Å². The Morgan fingerprint density at radius 3 is 1.36 bits per heavy atom. The van der Waals surface area contributed by atoms with Gasteiger partial charge in [-0.15, -0.1) is 0 Å². The van der Waals surface area contributed by atoms with Crippen LogP contribution in [0, 0.1) is 0 Å². The molecule has 0 aromatic heterocycles. The topological polar surface area (TPSA) is 178 Å². The van der Waals surface area contributed by atoms with Crippen molar-refractivity contribution in [2.75, 3.05) is 26.4 Å². The van der Waals surface area contributed by atoms with E-state index in [2.05, 4.69) is 127 Å². The molecule has 424 valence electrons. The molecule has 74 heavy (non-hydrogen) atoms. The van der Waals surface area contributed by atoms with Crippen LogP contribution in [-0.4, -0.2) is 97.5 Å². The quantitative estimate of drug-likeness (QED) is 0.0196. The molecule has 13 heteroatoms. The number of hydrogen-bond acceptors (Lipinski definition) is 11. The standard InChI is InChI=1S/C61H102O12S/c1-3-5-7-9-11-13-15-17-19-21-23-25-27-28-29-30-32-34-36-38-40-42-44-46-48-50-57(63)71-55(54-70-61-59(65)60(73-74(66,67)68)58(64)56(52-62)72-61)53-69-51-49-47-45-43-41-39-37-35-33-31-26-24-22-20-18-16-14-12-10-8-6-4-2/h5,7,11,13,16-19,22-25,28-29,32,34,38,40,55-56,58-62,64-65H,3-4,6,8-10,12,14-15,20-21,26-27,30-31,33,35-37,39,41-54H2,1-2H3,(H,66,67,68)/b7-5-,13-11-,18-16-,19-17-,24-22-,25-23-,29-28-,34-32-,40-38-. The molecule has 0 spiro atoms. The number of rotatable bonds is 49. The molecule has 0 aromatic rings. The van der Waals surface area contributed by atoms with E-state index in [1.54, 1.807) is 0 Å². The number of allylic oxidation sites excluding steroid dienone is 18. The van der Waals surface area contributed by atoms with Crippen molar-refractivity contribution in [3.63, 3.8) is 0 Å². The average Bonchev–Trinajstić information content (AvgIpc) is 3.38. The van der Waals surface area contributed by atoms with Crippen LogP contribution in [0.5, 0.6) is 0 Å². The summed E-state index contributed by atoms with van der Waals surface area (Å²) in [6.07, 6.45) is 62.6. The summed E-state index contributed by atoms with van der Waals surface area (Å²) >= 11 is 0. The Labute approximate surface area is 449 Å². The molecule has 6 atom stereocenters. The molecular formula is C61H102O12S. The van der Waals surface area contributed by atoms with Crippen molar-refractivity contribution in [3.8, 4) is 0 Å². The first-order valence-electron chi connectivity index (χ1n) is 28.6. The molecule has 0 aromatic carbocycles. The Kier molecular flexibility index (Phi) is 47.0. The Balaban J connectivity index is 2.36. The first-order valence-corrected chi connectivity index (χ1v) is 30.0. The summed E-state index contributed by atoms with van der Waals surface area (Å²) in [5, 5.41) is 30.8. The third-order valence-electron chi connectivity index (χ3n) is 12.4. The van der Waals surface area contributed by atoms with Gasteiger partial charge in [0.25, 0.3) is 0 Å².